The van der Waals surface area contributed by atoms with Gasteiger partial charge >= 0.3 is 17.9 Å². The molecule has 0 spiro atoms. The van der Waals surface area contributed by atoms with E-state index in [0.717, 1.165) is 0 Å². The van der Waals surface area contributed by atoms with E-state index in [4.69, 9.17) is 21.1 Å². The van der Waals surface area contributed by atoms with Crippen molar-refractivity contribution in [3.63, 3.8) is 0 Å². The number of nitrogens with zero attached hydrogens (tertiary/aromatic N) is 1. The van der Waals surface area contributed by atoms with Crippen molar-refractivity contribution in [3.8, 4) is 0 Å². The standard InChI is InChI=1S/C18H26N6O10/c19-9(3-8-5-20-7-21-8)15(30)24-12(6-25)17(32)23-11(4-14(28)29)16(31)22-10(18(33)34)1-2-13(26)27/h5,7,9-12,25H,1-4,6,19H2,(H,20,21)(H,22,31)(H,23,32)(H,24,30)(H,26,27)(H,28,29)(H,33,34). The molecule has 0 bridgehead atoms. The molecule has 0 radical (unpaired) electrons. The third-order valence-corrected chi connectivity index (χ3v) is 4.42. The van der Waals surface area contributed by atoms with Gasteiger partial charge in [0.2, 0.25) is 17.7 Å². The highest BCUT2D eigenvalue weighted by Crippen LogP contribution is 2.02. The van der Waals surface area contributed by atoms with Crippen molar-refractivity contribution in [3.05, 3.63) is 18.2 Å². The van der Waals surface area contributed by atoms with Crippen LogP contribution in [0.1, 0.15) is 25.0 Å². The Bertz CT molecular complexity index is 890. The number of carboxylic acids is 3. The van der Waals surface area contributed by atoms with Crippen LogP contribution in [0, 0.1) is 0 Å². The van der Waals surface area contributed by atoms with Gasteiger partial charge in [-0.05, 0) is 6.42 Å². The summed E-state index contributed by atoms with van der Waals surface area (Å²) in [6.07, 6.45) is 0.780. The van der Waals surface area contributed by atoms with Gasteiger partial charge in [0.1, 0.15) is 18.1 Å². The van der Waals surface area contributed by atoms with Crippen LogP contribution in [0.5, 0.6) is 0 Å². The topological polar surface area (TPSA) is 274 Å². The molecule has 0 fully saturated rings. The summed E-state index contributed by atoms with van der Waals surface area (Å²) in [5.41, 5.74) is 6.28. The third-order valence-electron chi connectivity index (χ3n) is 4.42. The predicted molar refractivity (Wildman–Crippen MR) is 110 cm³/mol. The summed E-state index contributed by atoms with van der Waals surface area (Å²) in [5, 5.41) is 42.5. The van der Waals surface area contributed by atoms with Gasteiger partial charge in [0.25, 0.3) is 0 Å². The summed E-state index contributed by atoms with van der Waals surface area (Å²) < 4.78 is 0. The van der Waals surface area contributed by atoms with Gasteiger partial charge in [-0.3, -0.25) is 24.0 Å². The van der Waals surface area contributed by atoms with E-state index in [2.05, 4.69) is 15.3 Å². The Morgan fingerprint density at radius 3 is 2.00 bits per heavy atom. The smallest absolute Gasteiger partial charge is 0.326 e. The number of amides is 3. The van der Waals surface area contributed by atoms with Crippen LogP contribution in [0.2, 0.25) is 0 Å². The number of imidazole rings is 1. The zero-order chi connectivity index (χ0) is 25.8. The van der Waals surface area contributed by atoms with Gasteiger partial charge in [-0.2, -0.15) is 0 Å². The van der Waals surface area contributed by atoms with Crippen LogP contribution >= 0.6 is 0 Å². The summed E-state index contributed by atoms with van der Waals surface area (Å²) in [5.74, 6) is -7.59. The molecule has 16 heteroatoms. The van der Waals surface area contributed by atoms with E-state index in [0.29, 0.717) is 5.69 Å². The maximum absolute atomic E-state index is 12.5. The fourth-order valence-electron chi connectivity index (χ4n) is 2.65. The van der Waals surface area contributed by atoms with Crippen LogP contribution in [0.3, 0.4) is 0 Å². The number of aromatic amines is 1. The normalized spacial score (nSPS) is 14.2. The van der Waals surface area contributed by atoms with Crippen LogP contribution in [-0.4, -0.2) is 96.8 Å². The van der Waals surface area contributed by atoms with E-state index in [-0.39, 0.29) is 6.42 Å². The lowest BCUT2D eigenvalue weighted by molar-refractivity contribution is -0.144. The van der Waals surface area contributed by atoms with E-state index >= 15 is 0 Å². The van der Waals surface area contributed by atoms with Gasteiger partial charge in [0.05, 0.1) is 25.4 Å². The highest BCUT2D eigenvalue weighted by molar-refractivity contribution is 5.95. The predicted octanol–water partition coefficient (Wildman–Crippen LogP) is -3.85. The van der Waals surface area contributed by atoms with Gasteiger partial charge in [-0.15, -0.1) is 0 Å². The average Bonchev–Trinajstić information content (AvgIpc) is 3.26. The summed E-state index contributed by atoms with van der Waals surface area (Å²) in [6.45, 7) is -0.924. The third kappa shape index (κ3) is 9.61. The Kier molecular flexibility index (Phi) is 11.1. The van der Waals surface area contributed by atoms with Crippen LogP contribution in [-0.2, 0) is 35.2 Å². The highest BCUT2D eigenvalue weighted by Gasteiger charge is 2.31. The number of carboxylic acid groups (broad SMARTS) is 3. The molecule has 10 N–H and O–H groups in total. The number of aliphatic carboxylic acids is 3. The number of aliphatic hydroxyl groups excluding tert-OH is 1. The zero-order valence-electron chi connectivity index (χ0n) is 17.8. The second-order valence-corrected chi connectivity index (χ2v) is 7.12. The molecule has 1 aromatic rings. The lowest BCUT2D eigenvalue weighted by atomic mass is 10.1. The fraction of sp³-hybridized carbons (Fsp3) is 0.500. The molecule has 1 aromatic heterocycles. The number of carbonyl (C=O) groups is 6. The van der Waals surface area contributed by atoms with Crippen LogP contribution in [0.25, 0.3) is 0 Å². The largest absolute Gasteiger partial charge is 0.481 e. The number of aliphatic hydroxyl groups is 1. The molecule has 1 rings (SSSR count). The molecule has 4 unspecified atom stereocenters. The molecule has 188 valence electrons. The van der Waals surface area contributed by atoms with Gasteiger partial charge in [0.15, 0.2) is 0 Å². The van der Waals surface area contributed by atoms with Crippen LogP contribution in [0.4, 0.5) is 0 Å². The van der Waals surface area contributed by atoms with E-state index in [9.17, 15) is 33.9 Å². The summed E-state index contributed by atoms with van der Waals surface area (Å²) in [6, 6.07) is -6.19. The molecule has 0 aliphatic heterocycles. The van der Waals surface area contributed by atoms with E-state index in [1.54, 1.807) is 0 Å². The fourth-order valence-corrected chi connectivity index (χ4v) is 2.65. The lowest BCUT2D eigenvalue weighted by Gasteiger charge is -2.23. The second kappa shape index (κ2) is 13.5. The number of nitrogens with one attached hydrogen (secondary N) is 4. The minimum Gasteiger partial charge on any atom is -0.481 e. The Balaban J connectivity index is 2.82. The van der Waals surface area contributed by atoms with Gasteiger partial charge in [-0.25, -0.2) is 9.78 Å². The monoisotopic (exact) mass is 486 g/mol. The van der Waals surface area contributed by atoms with Crippen molar-refractivity contribution in [1.82, 2.24) is 25.9 Å². The van der Waals surface area contributed by atoms with Crippen molar-refractivity contribution in [2.24, 2.45) is 5.73 Å². The maximum atomic E-state index is 12.5. The quantitative estimate of drug-likeness (QED) is 0.115. The number of hydrogen-bond acceptors (Lipinski definition) is 9. The first-order valence-corrected chi connectivity index (χ1v) is 9.85. The highest BCUT2D eigenvalue weighted by atomic mass is 16.4. The summed E-state index contributed by atoms with van der Waals surface area (Å²) in [4.78, 5) is 76.7. The minimum absolute atomic E-state index is 0.0303. The summed E-state index contributed by atoms with van der Waals surface area (Å²) in [7, 11) is 0. The van der Waals surface area contributed by atoms with Crippen molar-refractivity contribution < 1.29 is 49.2 Å². The molecule has 0 aromatic carbocycles. The Morgan fingerprint density at radius 1 is 0.912 bits per heavy atom. The summed E-state index contributed by atoms with van der Waals surface area (Å²) >= 11 is 0. The molecule has 3 amide bonds. The molecule has 0 aliphatic carbocycles. The Morgan fingerprint density at radius 2 is 1.50 bits per heavy atom. The lowest BCUT2D eigenvalue weighted by Crippen LogP contribution is -2.58. The van der Waals surface area contributed by atoms with Crippen molar-refractivity contribution >= 4 is 35.6 Å². The molecule has 0 saturated heterocycles. The van der Waals surface area contributed by atoms with Crippen molar-refractivity contribution in [1.29, 1.82) is 0 Å². The Hall–Kier alpha value is -4.05. The number of aromatic nitrogens is 2. The zero-order valence-corrected chi connectivity index (χ0v) is 17.8. The van der Waals surface area contributed by atoms with Gasteiger partial charge < -0.3 is 47.1 Å². The van der Waals surface area contributed by atoms with E-state index in [1.165, 1.54) is 12.5 Å². The first kappa shape index (κ1) is 28.0. The van der Waals surface area contributed by atoms with Crippen molar-refractivity contribution in [2.45, 2.75) is 49.9 Å². The van der Waals surface area contributed by atoms with E-state index < -0.39 is 85.7 Å². The van der Waals surface area contributed by atoms with Gasteiger partial charge in [0, 0.05) is 24.7 Å². The average molecular weight is 486 g/mol. The van der Waals surface area contributed by atoms with Crippen LogP contribution < -0.4 is 21.7 Å². The number of nitrogens with two attached hydrogens (primary N) is 1. The molecule has 0 aliphatic rings. The molecule has 1 heterocycles. The molecule has 0 saturated carbocycles. The van der Waals surface area contributed by atoms with Crippen molar-refractivity contribution in [2.75, 3.05) is 6.61 Å². The second-order valence-electron chi connectivity index (χ2n) is 7.12. The van der Waals surface area contributed by atoms with E-state index in [1.807, 2.05) is 10.6 Å². The SMILES string of the molecule is NC(Cc1cnc[nH]1)C(=O)NC(CO)C(=O)NC(CC(=O)O)C(=O)NC(CCC(=O)O)C(=O)O. The number of carbonyl (C=O) groups excluding carboxylic acids is 3. The molecule has 16 nitrogen and oxygen atoms in total. The minimum atomic E-state index is -1.79. The first-order chi connectivity index (χ1) is 15.9. The molecule has 4 atom stereocenters. The Labute approximate surface area is 191 Å². The maximum Gasteiger partial charge on any atom is 0.326 e. The molecular formula is C18H26N6O10. The van der Waals surface area contributed by atoms with Gasteiger partial charge in [-0.1, -0.05) is 0 Å². The molecule has 34 heavy (non-hydrogen) atoms. The first-order valence-electron chi connectivity index (χ1n) is 9.85. The number of H-pyrrole nitrogens is 1. The number of hydrogen-bond donors (Lipinski definition) is 9. The molecular weight excluding hydrogens is 460 g/mol. The van der Waals surface area contributed by atoms with Crippen LogP contribution in [0.15, 0.2) is 12.5 Å². The number of rotatable bonds is 15.